The summed E-state index contributed by atoms with van der Waals surface area (Å²) in [5, 5.41) is 3.29. The van der Waals surface area contributed by atoms with E-state index in [4.69, 9.17) is 4.74 Å². The molecule has 0 aromatic heterocycles. The Balaban J connectivity index is 1.20. The molecule has 1 spiro atoms. The average Bonchev–Trinajstić information content (AvgIpc) is 3.18. The highest BCUT2D eigenvalue weighted by molar-refractivity contribution is 5.92. The molecular weight excluding hydrogens is 423 g/mol. The molecule has 180 valence electrons. The molecule has 5 rings (SSSR count). The third kappa shape index (κ3) is 4.35. The highest BCUT2D eigenvalue weighted by atomic mass is 19.1. The number of likely N-dealkylation sites (tertiary alicyclic amines) is 1. The smallest absolute Gasteiger partial charge is 0.243 e. The summed E-state index contributed by atoms with van der Waals surface area (Å²) >= 11 is 0. The molecule has 1 N–H and O–H groups in total. The van der Waals surface area contributed by atoms with Crippen molar-refractivity contribution in [3.05, 3.63) is 29.6 Å². The fraction of sp³-hybridized carbons (Fsp3) is 0.680. The van der Waals surface area contributed by atoms with Crippen LogP contribution in [0.5, 0.6) is 5.75 Å². The zero-order valence-electron chi connectivity index (χ0n) is 19.7. The van der Waals surface area contributed by atoms with Crippen molar-refractivity contribution < 1.29 is 18.7 Å². The van der Waals surface area contributed by atoms with Crippen LogP contribution in [0.15, 0.2) is 18.2 Å². The van der Waals surface area contributed by atoms with Crippen LogP contribution in [-0.2, 0) is 16.1 Å². The van der Waals surface area contributed by atoms with E-state index in [9.17, 15) is 14.0 Å². The van der Waals surface area contributed by atoms with Gasteiger partial charge >= 0.3 is 0 Å². The minimum absolute atomic E-state index is 0.00000767. The second-order valence-corrected chi connectivity index (χ2v) is 10.4. The van der Waals surface area contributed by atoms with Gasteiger partial charge in [0.1, 0.15) is 17.6 Å². The second-order valence-electron chi connectivity index (χ2n) is 10.4. The first-order valence-electron chi connectivity index (χ1n) is 12.3. The number of carbonyl (C=O) groups excluding carboxylic acids is 2. The largest absolute Gasteiger partial charge is 0.497 e. The maximum absolute atomic E-state index is 14.4. The Morgan fingerprint density at radius 1 is 1.21 bits per heavy atom. The van der Waals surface area contributed by atoms with E-state index in [0.717, 1.165) is 19.5 Å². The monoisotopic (exact) mass is 458 g/mol. The molecule has 1 aliphatic carbocycles. The van der Waals surface area contributed by atoms with Crippen LogP contribution in [-0.4, -0.2) is 84.0 Å². The molecular formula is C25H35FN4O3. The predicted octanol–water partition coefficient (Wildman–Crippen LogP) is 2.14. The normalized spacial score (nSPS) is 27.9. The van der Waals surface area contributed by atoms with Crippen LogP contribution in [0.3, 0.4) is 0 Å². The molecule has 1 aromatic rings. The summed E-state index contributed by atoms with van der Waals surface area (Å²) in [6, 6.07) is 5.47. The molecule has 3 aliphatic heterocycles. The van der Waals surface area contributed by atoms with Gasteiger partial charge in [0, 0.05) is 49.9 Å². The van der Waals surface area contributed by atoms with E-state index in [-0.39, 0.29) is 29.7 Å². The maximum Gasteiger partial charge on any atom is 0.243 e. The number of likely N-dealkylation sites (N-methyl/N-ethyl adjacent to an activating group) is 1. The van der Waals surface area contributed by atoms with Crippen molar-refractivity contribution in [1.82, 2.24) is 20.0 Å². The van der Waals surface area contributed by atoms with Crippen LogP contribution < -0.4 is 10.1 Å². The highest BCUT2D eigenvalue weighted by Gasteiger charge is 2.50. The minimum atomic E-state index is -0.483. The minimum Gasteiger partial charge on any atom is -0.497 e. The molecule has 4 aliphatic rings. The van der Waals surface area contributed by atoms with Gasteiger partial charge in [-0.25, -0.2) is 4.39 Å². The summed E-state index contributed by atoms with van der Waals surface area (Å²) in [5.41, 5.74) is 0.151. The van der Waals surface area contributed by atoms with Crippen molar-refractivity contribution in [2.45, 2.75) is 75.2 Å². The molecule has 2 atom stereocenters. The summed E-state index contributed by atoms with van der Waals surface area (Å²) in [5.74, 6) is 0.336. The third-order valence-corrected chi connectivity index (χ3v) is 8.47. The number of piperidine rings is 1. The number of halogens is 1. The van der Waals surface area contributed by atoms with Gasteiger partial charge in [0.25, 0.3) is 0 Å². The van der Waals surface area contributed by atoms with Gasteiger partial charge in [-0.2, -0.15) is 0 Å². The van der Waals surface area contributed by atoms with Gasteiger partial charge in [-0.15, -0.1) is 0 Å². The summed E-state index contributed by atoms with van der Waals surface area (Å²) in [6.07, 6.45) is 6.21. The van der Waals surface area contributed by atoms with Crippen LogP contribution in [0.25, 0.3) is 0 Å². The van der Waals surface area contributed by atoms with Crippen LogP contribution in [0.2, 0.25) is 0 Å². The Bertz CT molecular complexity index is 885. The van der Waals surface area contributed by atoms with Crippen LogP contribution in [0.1, 0.15) is 50.5 Å². The number of nitrogens with zero attached hydrogens (tertiary/aromatic N) is 3. The Kier molecular flexibility index (Phi) is 6.07. The molecule has 1 saturated carbocycles. The van der Waals surface area contributed by atoms with E-state index >= 15 is 0 Å². The number of amides is 2. The Hall–Kier alpha value is -2.19. The van der Waals surface area contributed by atoms with E-state index in [1.807, 2.05) is 4.90 Å². The lowest BCUT2D eigenvalue weighted by Crippen LogP contribution is -2.56. The number of benzene rings is 1. The number of methoxy groups -OCH3 is 1. The van der Waals surface area contributed by atoms with E-state index < -0.39 is 5.54 Å². The number of nitrogens with one attached hydrogen (secondary N) is 1. The lowest BCUT2D eigenvalue weighted by atomic mass is 9.83. The molecule has 0 bridgehead atoms. The first-order valence-corrected chi connectivity index (χ1v) is 12.3. The number of rotatable bonds is 5. The van der Waals surface area contributed by atoms with Crippen molar-refractivity contribution in [2.75, 3.05) is 33.8 Å². The number of carbonyl (C=O) groups is 2. The quantitative estimate of drug-likeness (QED) is 0.733. The average molecular weight is 459 g/mol. The van der Waals surface area contributed by atoms with Gasteiger partial charge in [0.05, 0.1) is 19.1 Å². The SMILES string of the molecule is COc1ccc(CN2CCC3(CC2)CC(=O)N2C[C@@H](N(C)C4CCC4)C[C@H]2C(=O)N3)c(F)c1. The predicted molar refractivity (Wildman–Crippen MR) is 122 cm³/mol. The Morgan fingerprint density at radius 2 is 1.97 bits per heavy atom. The lowest BCUT2D eigenvalue weighted by Gasteiger charge is -2.41. The number of hydrogen-bond donors (Lipinski definition) is 1. The molecule has 1 aromatic carbocycles. The Morgan fingerprint density at radius 3 is 2.61 bits per heavy atom. The molecule has 8 heteroatoms. The van der Waals surface area contributed by atoms with Gasteiger partial charge in [-0.05, 0) is 45.2 Å². The van der Waals surface area contributed by atoms with Gasteiger partial charge in [-0.1, -0.05) is 12.5 Å². The molecule has 3 heterocycles. The topological polar surface area (TPSA) is 65.1 Å². The first kappa shape index (κ1) is 22.6. The van der Waals surface area contributed by atoms with Crippen LogP contribution in [0.4, 0.5) is 4.39 Å². The van der Waals surface area contributed by atoms with Crippen molar-refractivity contribution in [3.8, 4) is 5.75 Å². The zero-order valence-corrected chi connectivity index (χ0v) is 19.7. The van der Waals surface area contributed by atoms with Crippen LogP contribution >= 0.6 is 0 Å². The molecule has 0 unspecified atom stereocenters. The first-order chi connectivity index (χ1) is 15.9. The molecule has 3 saturated heterocycles. The summed E-state index contributed by atoms with van der Waals surface area (Å²) in [6.45, 7) is 2.61. The highest BCUT2D eigenvalue weighted by Crippen LogP contribution is 2.35. The number of ether oxygens (including phenoxy) is 1. The van der Waals surface area contributed by atoms with Gasteiger partial charge in [0.2, 0.25) is 11.8 Å². The van der Waals surface area contributed by atoms with Crippen molar-refractivity contribution in [1.29, 1.82) is 0 Å². The standard InChI is InChI=1S/C25H35FN4O3/c1-28(18-4-3-5-18)19-12-22-24(32)27-25(14-23(31)30(22)16-19)8-10-29(11-9-25)15-17-6-7-20(33-2)13-21(17)26/h6-7,13,18-19,22H,3-5,8-12,14-16H2,1-2H3,(H,27,32)/t19-,22-/m0/s1. The fourth-order valence-electron chi connectivity index (χ4n) is 5.97. The van der Waals surface area contributed by atoms with Crippen molar-refractivity contribution in [3.63, 3.8) is 0 Å². The van der Waals surface area contributed by atoms with Crippen molar-refractivity contribution in [2.24, 2.45) is 0 Å². The van der Waals surface area contributed by atoms with Crippen LogP contribution in [0, 0.1) is 5.82 Å². The van der Waals surface area contributed by atoms with E-state index in [2.05, 4.69) is 22.2 Å². The van der Waals surface area contributed by atoms with Gasteiger partial charge in [0.15, 0.2) is 0 Å². The fourth-order valence-corrected chi connectivity index (χ4v) is 5.97. The summed E-state index contributed by atoms with van der Waals surface area (Å²) < 4.78 is 19.5. The van der Waals surface area contributed by atoms with E-state index in [1.165, 1.54) is 32.4 Å². The zero-order chi connectivity index (χ0) is 23.2. The van der Waals surface area contributed by atoms with E-state index in [1.54, 1.807) is 12.1 Å². The molecule has 7 nitrogen and oxygen atoms in total. The summed E-state index contributed by atoms with van der Waals surface area (Å²) in [7, 11) is 3.67. The van der Waals surface area contributed by atoms with Gasteiger partial charge < -0.3 is 15.0 Å². The molecule has 33 heavy (non-hydrogen) atoms. The molecule has 0 radical (unpaired) electrons. The Labute approximate surface area is 195 Å². The molecule has 4 fully saturated rings. The third-order valence-electron chi connectivity index (χ3n) is 8.47. The van der Waals surface area contributed by atoms with E-state index in [0.29, 0.717) is 49.7 Å². The number of hydrogen-bond acceptors (Lipinski definition) is 5. The second kappa shape index (κ2) is 8.87. The number of fused-ring (bicyclic) bond motifs is 1. The maximum atomic E-state index is 14.4. The summed E-state index contributed by atoms with van der Waals surface area (Å²) in [4.78, 5) is 32.9. The van der Waals surface area contributed by atoms with Crippen molar-refractivity contribution >= 4 is 11.8 Å². The molecule has 2 amide bonds. The van der Waals surface area contributed by atoms with Gasteiger partial charge in [-0.3, -0.25) is 19.4 Å². The lowest BCUT2D eigenvalue weighted by molar-refractivity contribution is -0.135.